The van der Waals surface area contributed by atoms with Gasteiger partial charge in [-0.2, -0.15) is 0 Å². The number of nitrogens with one attached hydrogen (secondary N) is 1. The Labute approximate surface area is 154 Å². The number of rotatable bonds is 7. The van der Waals surface area contributed by atoms with Crippen LogP contribution >= 0.6 is 23.4 Å². The van der Waals surface area contributed by atoms with Crippen molar-refractivity contribution in [3.05, 3.63) is 29.3 Å². The molecule has 2 rings (SSSR count). The van der Waals surface area contributed by atoms with E-state index >= 15 is 0 Å². The van der Waals surface area contributed by atoms with Gasteiger partial charge in [-0.05, 0) is 31.2 Å². The molecule has 8 nitrogen and oxygen atoms in total. The number of carbonyl (C=O) groups excluding carboxylic acids is 2. The molecule has 0 radical (unpaired) electrons. The number of aromatic nitrogens is 3. The third kappa shape index (κ3) is 5.18. The molecule has 0 unspecified atom stereocenters. The molecule has 1 heterocycles. The van der Waals surface area contributed by atoms with Crippen LogP contribution < -0.4 is 11.1 Å². The summed E-state index contributed by atoms with van der Waals surface area (Å²) in [5.41, 5.74) is 5.81. The number of amides is 3. The molecule has 0 aliphatic rings. The first-order valence-electron chi connectivity index (χ1n) is 7.37. The molecule has 2 aromatic rings. The highest BCUT2D eigenvalue weighted by molar-refractivity contribution is 8.00. The molecule has 10 heteroatoms. The van der Waals surface area contributed by atoms with Crippen LogP contribution in [-0.4, -0.2) is 45.7 Å². The molecular weight excluding hydrogens is 366 g/mol. The van der Waals surface area contributed by atoms with E-state index in [9.17, 15) is 9.59 Å². The van der Waals surface area contributed by atoms with E-state index in [1.807, 2.05) is 16.7 Å². The van der Waals surface area contributed by atoms with E-state index in [2.05, 4.69) is 15.5 Å². The number of methoxy groups -OCH3 is 1. The van der Waals surface area contributed by atoms with Crippen molar-refractivity contribution in [1.82, 2.24) is 20.1 Å². The minimum Gasteiger partial charge on any atom is -0.383 e. The van der Waals surface area contributed by atoms with Crippen LogP contribution in [0.3, 0.4) is 0 Å². The highest BCUT2D eigenvalue weighted by atomic mass is 35.5. The molecule has 25 heavy (non-hydrogen) atoms. The second-order valence-electron chi connectivity index (χ2n) is 5.07. The summed E-state index contributed by atoms with van der Waals surface area (Å²) in [6.45, 7) is 2.61. The maximum Gasteiger partial charge on any atom is 0.318 e. The Hall–Kier alpha value is -2.10. The predicted octanol–water partition coefficient (Wildman–Crippen LogP) is 1.92. The zero-order valence-electron chi connectivity index (χ0n) is 13.7. The van der Waals surface area contributed by atoms with Crippen LogP contribution in [0.25, 0.3) is 11.4 Å². The molecule has 3 amide bonds. The van der Waals surface area contributed by atoms with Gasteiger partial charge in [0.2, 0.25) is 5.91 Å². The summed E-state index contributed by atoms with van der Waals surface area (Å²) in [5.74, 6) is 0.144. The number of carbonyl (C=O) groups is 2. The molecule has 3 N–H and O–H groups in total. The number of hydrogen-bond acceptors (Lipinski definition) is 6. The van der Waals surface area contributed by atoms with Gasteiger partial charge in [0.25, 0.3) is 0 Å². The van der Waals surface area contributed by atoms with Gasteiger partial charge in [-0.3, -0.25) is 14.7 Å². The van der Waals surface area contributed by atoms with Crippen molar-refractivity contribution in [3.63, 3.8) is 0 Å². The Morgan fingerprint density at radius 1 is 1.36 bits per heavy atom. The van der Waals surface area contributed by atoms with E-state index in [-0.39, 0.29) is 0 Å². The lowest BCUT2D eigenvalue weighted by atomic mass is 10.2. The predicted molar refractivity (Wildman–Crippen MR) is 95.4 cm³/mol. The first-order chi connectivity index (χ1) is 11.9. The normalized spacial score (nSPS) is 12.0. The van der Waals surface area contributed by atoms with Crippen LogP contribution in [0.4, 0.5) is 4.79 Å². The van der Waals surface area contributed by atoms with E-state index in [0.717, 1.165) is 5.56 Å². The van der Waals surface area contributed by atoms with E-state index < -0.39 is 17.2 Å². The molecule has 134 valence electrons. The Bertz CT molecular complexity index is 750. The van der Waals surface area contributed by atoms with Crippen LogP contribution in [0.2, 0.25) is 5.02 Å². The quantitative estimate of drug-likeness (QED) is 0.706. The Morgan fingerprint density at radius 2 is 2.04 bits per heavy atom. The fourth-order valence-electron chi connectivity index (χ4n) is 2.01. The number of nitrogens with two attached hydrogens (primary N) is 1. The SMILES string of the molecule is COCCn1c(S[C@@H](C)C(=O)NC(N)=O)nnc1-c1ccc(Cl)cc1. The van der Waals surface area contributed by atoms with Gasteiger partial charge in [-0.15, -0.1) is 10.2 Å². The molecule has 0 bridgehead atoms. The smallest absolute Gasteiger partial charge is 0.318 e. The molecule has 0 fully saturated rings. The number of nitrogens with zero attached hydrogens (tertiary/aromatic N) is 3. The van der Waals surface area contributed by atoms with Gasteiger partial charge >= 0.3 is 6.03 Å². The van der Waals surface area contributed by atoms with Gasteiger partial charge in [-0.25, -0.2) is 4.79 Å². The van der Waals surface area contributed by atoms with Gasteiger partial charge in [0.15, 0.2) is 11.0 Å². The van der Waals surface area contributed by atoms with Crippen LogP contribution in [-0.2, 0) is 16.1 Å². The summed E-state index contributed by atoms with van der Waals surface area (Å²) >= 11 is 7.10. The van der Waals surface area contributed by atoms with Gasteiger partial charge in [0.1, 0.15) is 0 Å². The zero-order chi connectivity index (χ0) is 18.4. The fourth-order valence-corrected chi connectivity index (χ4v) is 3.01. The molecule has 0 spiro atoms. The lowest BCUT2D eigenvalue weighted by molar-refractivity contribution is -0.119. The van der Waals surface area contributed by atoms with Crippen molar-refractivity contribution in [2.45, 2.75) is 23.9 Å². The number of urea groups is 1. The van der Waals surface area contributed by atoms with Crippen molar-refractivity contribution in [3.8, 4) is 11.4 Å². The molecule has 0 aliphatic heterocycles. The molecular formula is C15H18ClN5O3S. The van der Waals surface area contributed by atoms with Crippen LogP contribution in [0.5, 0.6) is 0 Å². The fraction of sp³-hybridized carbons (Fsp3) is 0.333. The van der Waals surface area contributed by atoms with Crippen LogP contribution in [0.1, 0.15) is 6.92 Å². The average molecular weight is 384 g/mol. The lowest BCUT2D eigenvalue weighted by Crippen LogP contribution is -2.39. The Morgan fingerprint density at radius 3 is 2.64 bits per heavy atom. The average Bonchev–Trinajstić information content (AvgIpc) is 2.95. The molecule has 0 saturated carbocycles. The summed E-state index contributed by atoms with van der Waals surface area (Å²) < 4.78 is 6.99. The Balaban J connectivity index is 2.27. The number of hydrogen-bond donors (Lipinski definition) is 2. The topological polar surface area (TPSA) is 112 Å². The second-order valence-corrected chi connectivity index (χ2v) is 6.82. The number of benzene rings is 1. The summed E-state index contributed by atoms with van der Waals surface area (Å²) in [5, 5.41) is 11.0. The first-order valence-corrected chi connectivity index (χ1v) is 8.63. The largest absolute Gasteiger partial charge is 0.383 e. The molecule has 1 aromatic heterocycles. The lowest BCUT2D eigenvalue weighted by Gasteiger charge is -2.12. The third-order valence-electron chi connectivity index (χ3n) is 3.24. The number of ether oxygens (including phenoxy) is 1. The zero-order valence-corrected chi connectivity index (χ0v) is 15.3. The van der Waals surface area contributed by atoms with Gasteiger partial charge < -0.3 is 10.5 Å². The van der Waals surface area contributed by atoms with E-state index in [1.54, 1.807) is 26.2 Å². The summed E-state index contributed by atoms with van der Waals surface area (Å²) in [7, 11) is 1.60. The molecule has 1 aromatic carbocycles. The van der Waals surface area contributed by atoms with Crippen LogP contribution in [0.15, 0.2) is 29.4 Å². The van der Waals surface area contributed by atoms with Gasteiger partial charge in [0, 0.05) is 17.7 Å². The van der Waals surface area contributed by atoms with E-state index in [1.165, 1.54) is 11.8 Å². The Kier molecular flexibility index (Phi) is 6.80. The van der Waals surface area contributed by atoms with Crippen molar-refractivity contribution in [2.75, 3.05) is 13.7 Å². The van der Waals surface area contributed by atoms with Crippen molar-refractivity contribution in [2.24, 2.45) is 5.73 Å². The molecule has 0 aliphatic carbocycles. The highest BCUT2D eigenvalue weighted by Crippen LogP contribution is 2.27. The van der Waals surface area contributed by atoms with Crippen LogP contribution in [0, 0.1) is 0 Å². The number of thioether (sulfide) groups is 1. The first kappa shape index (κ1) is 19.2. The summed E-state index contributed by atoms with van der Waals surface area (Å²) in [4.78, 5) is 22.7. The minimum atomic E-state index is -0.889. The van der Waals surface area contributed by atoms with Crippen molar-refractivity contribution < 1.29 is 14.3 Å². The summed E-state index contributed by atoms with van der Waals surface area (Å²) in [6.07, 6.45) is 0. The van der Waals surface area contributed by atoms with E-state index in [0.29, 0.717) is 29.2 Å². The maximum atomic E-state index is 11.9. The molecule has 1 atom stereocenters. The van der Waals surface area contributed by atoms with Gasteiger partial charge in [0.05, 0.1) is 18.4 Å². The molecule has 0 saturated heterocycles. The third-order valence-corrected chi connectivity index (χ3v) is 4.57. The van der Waals surface area contributed by atoms with Crippen molar-refractivity contribution >= 4 is 35.3 Å². The van der Waals surface area contributed by atoms with E-state index in [4.69, 9.17) is 22.1 Å². The van der Waals surface area contributed by atoms with Crippen molar-refractivity contribution in [1.29, 1.82) is 0 Å². The maximum absolute atomic E-state index is 11.9. The highest BCUT2D eigenvalue weighted by Gasteiger charge is 2.21. The van der Waals surface area contributed by atoms with Gasteiger partial charge in [-0.1, -0.05) is 23.4 Å². The second kappa shape index (κ2) is 8.84. The number of imide groups is 1. The summed E-state index contributed by atoms with van der Waals surface area (Å²) in [6, 6.07) is 6.32. The minimum absolute atomic E-state index is 0.452. The standard InChI is InChI=1S/C15H18ClN5O3S/c1-9(13(22)18-14(17)23)25-15-20-19-12(21(15)7-8-24-2)10-3-5-11(16)6-4-10/h3-6,9H,7-8H2,1-2H3,(H3,17,18,22,23)/t9-/m0/s1. The monoisotopic (exact) mass is 383 g/mol. The number of halogens is 1. The number of primary amides is 1.